The molecule has 2 heterocycles. The van der Waals surface area contributed by atoms with Gasteiger partial charge in [0.2, 0.25) is 0 Å². The molecule has 1 fully saturated rings. The number of carboxylic acid groups (broad SMARTS) is 1. The zero-order chi connectivity index (χ0) is 24.4. The number of pyridine rings is 1. The van der Waals surface area contributed by atoms with E-state index in [0.717, 1.165) is 25.9 Å². The SMILES string of the molecule is O=C(CN1CCC(CNC(=O)c2ccncc2)CC1)c1ccc(F)cc1.O=C(O)C(F)(F)F. The summed E-state index contributed by atoms with van der Waals surface area (Å²) in [5, 5.41) is 10.1. The van der Waals surface area contributed by atoms with Gasteiger partial charge in [0.1, 0.15) is 5.82 Å². The molecule has 33 heavy (non-hydrogen) atoms. The zero-order valence-electron chi connectivity index (χ0n) is 17.5. The zero-order valence-corrected chi connectivity index (χ0v) is 17.5. The number of nitrogens with one attached hydrogen (secondary N) is 1. The summed E-state index contributed by atoms with van der Waals surface area (Å²) in [5.41, 5.74) is 1.15. The van der Waals surface area contributed by atoms with Gasteiger partial charge < -0.3 is 10.4 Å². The largest absolute Gasteiger partial charge is 0.490 e. The highest BCUT2D eigenvalue weighted by Gasteiger charge is 2.38. The van der Waals surface area contributed by atoms with Gasteiger partial charge in [0.05, 0.1) is 6.54 Å². The number of likely N-dealkylation sites (tertiary alicyclic amines) is 1. The van der Waals surface area contributed by atoms with E-state index in [1.54, 1.807) is 24.5 Å². The number of Topliss-reactive ketones (excluding diaryl/α,β-unsaturated/α-hetero) is 1. The highest BCUT2D eigenvalue weighted by molar-refractivity contribution is 5.97. The van der Waals surface area contributed by atoms with Gasteiger partial charge in [-0.25, -0.2) is 9.18 Å². The molecular weight excluding hydrogens is 446 g/mol. The lowest BCUT2D eigenvalue weighted by molar-refractivity contribution is -0.192. The van der Waals surface area contributed by atoms with Crippen LogP contribution < -0.4 is 5.32 Å². The van der Waals surface area contributed by atoms with Crippen LogP contribution >= 0.6 is 0 Å². The lowest BCUT2D eigenvalue weighted by Crippen LogP contribution is -2.40. The van der Waals surface area contributed by atoms with Crippen LogP contribution in [0.5, 0.6) is 0 Å². The maximum atomic E-state index is 12.9. The first-order chi connectivity index (χ1) is 15.6. The Morgan fingerprint density at radius 1 is 1.00 bits per heavy atom. The third kappa shape index (κ3) is 8.97. The first-order valence-corrected chi connectivity index (χ1v) is 10.1. The van der Waals surface area contributed by atoms with Crippen LogP contribution in [0.3, 0.4) is 0 Å². The van der Waals surface area contributed by atoms with Crippen molar-refractivity contribution < 1.29 is 37.1 Å². The predicted octanol–water partition coefficient (Wildman–Crippen LogP) is 3.18. The number of amides is 1. The molecular formula is C22H23F4N3O4. The lowest BCUT2D eigenvalue weighted by atomic mass is 9.96. The number of halogens is 4. The molecule has 1 aliphatic heterocycles. The minimum atomic E-state index is -5.08. The number of alkyl halides is 3. The van der Waals surface area contributed by atoms with Gasteiger partial charge in [-0.2, -0.15) is 13.2 Å². The van der Waals surface area contributed by atoms with Crippen molar-refractivity contribution in [1.29, 1.82) is 0 Å². The van der Waals surface area contributed by atoms with Gasteiger partial charge in [-0.1, -0.05) is 0 Å². The van der Waals surface area contributed by atoms with E-state index in [0.29, 0.717) is 30.1 Å². The molecule has 0 bridgehead atoms. The number of benzene rings is 1. The number of piperidine rings is 1. The minimum Gasteiger partial charge on any atom is -0.475 e. The number of aliphatic carboxylic acids is 1. The van der Waals surface area contributed by atoms with Crippen LogP contribution in [-0.2, 0) is 4.79 Å². The fraction of sp³-hybridized carbons (Fsp3) is 0.364. The van der Waals surface area contributed by atoms with Crippen LogP contribution in [-0.4, -0.2) is 65.0 Å². The molecule has 2 N–H and O–H groups in total. The molecule has 1 aliphatic rings. The van der Waals surface area contributed by atoms with Gasteiger partial charge >= 0.3 is 12.1 Å². The smallest absolute Gasteiger partial charge is 0.475 e. The van der Waals surface area contributed by atoms with E-state index >= 15 is 0 Å². The van der Waals surface area contributed by atoms with Gasteiger partial charge in [-0.3, -0.25) is 19.5 Å². The quantitative estimate of drug-likeness (QED) is 0.498. The molecule has 0 unspecified atom stereocenters. The van der Waals surface area contributed by atoms with Crippen LogP contribution in [0.15, 0.2) is 48.8 Å². The Kier molecular flexibility index (Phi) is 9.46. The van der Waals surface area contributed by atoms with Gasteiger partial charge in [0, 0.05) is 30.1 Å². The summed E-state index contributed by atoms with van der Waals surface area (Å²) >= 11 is 0. The number of hydrogen-bond donors (Lipinski definition) is 2. The van der Waals surface area contributed by atoms with Crippen LogP contribution in [0.4, 0.5) is 17.6 Å². The molecule has 11 heteroatoms. The first kappa shape index (κ1) is 25.9. The molecule has 0 atom stereocenters. The van der Waals surface area contributed by atoms with E-state index in [1.165, 1.54) is 24.3 Å². The molecule has 1 aromatic carbocycles. The number of hydrogen-bond acceptors (Lipinski definition) is 5. The molecule has 2 aromatic rings. The van der Waals surface area contributed by atoms with Crippen molar-refractivity contribution in [3.63, 3.8) is 0 Å². The summed E-state index contributed by atoms with van der Waals surface area (Å²) in [6, 6.07) is 9.06. The van der Waals surface area contributed by atoms with Crippen LogP contribution in [0.2, 0.25) is 0 Å². The highest BCUT2D eigenvalue weighted by atomic mass is 19.4. The molecule has 0 radical (unpaired) electrons. The normalized spacial score (nSPS) is 14.7. The summed E-state index contributed by atoms with van der Waals surface area (Å²) < 4.78 is 44.7. The number of rotatable bonds is 6. The Morgan fingerprint density at radius 2 is 1.55 bits per heavy atom. The summed E-state index contributed by atoms with van der Waals surface area (Å²) in [5.74, 6) is -2.75. The third-order valence-corrected chi connectivity index (χ3v) is 4.98. The number of carbonyl (C=O) groups is 3. The van der Waals surface area contributed by atoms with Gasteiger partial charge in [0.25, 0.3) is 5.91 Å². The molecule has 0 saturated carbocycles. The number of carboxylic acids is 1. The van der Waals surface area contributed by atoms with Crippen LogP contribution in [0.1, 0.15) is 33.6 Å². The second-order valence-corrected chi connectivity index (χ2v) is 7.40. The average molecular weight is 469 g/mol. The van der Waals surface area contributed by atoms with E-state index in [1.807, 2.05) is 0 Å². The Morgan fingerprint density at radius 3 is 2.06 bits per heavy atom. The van der Waals surface area contributed by atoms with E-state index in [4.69, 9.17) is 9.90 Å². The fourth-order valence-corrected chi connectivity index (χ4v) is 3.12. The molecule has 0 spiro atoms. The Bertz CT molecular complexity index is 929. The van der Waals surface area contributed by atoms with Gasteiger partial charge in [0.15, 0.2) is 5.78 Å². The van der Waals surface area contributed by atoms with Gasteiger partial charge in [-0.05, 0) is 68.2 Å². The monoisotopic (exact) mass is 469 g/mol. The van der Waals surface area contributed by atoms with Crippen molar-refractivity contribution in [2.45, 2.75) is 19.0 Å². The van der Waals surface area contributed by atoms with E-state index in [2.05, 4.69) is 15.2 Å². The fourth-order valence-electron chi connectivity index (χ4n) is 3.12. The number of ketones is 1. The van der Waals surface area contributed by atoms with Crippen molar-refractivity contribution in [3.8, 4) is 0 Å². The number of aromatic nitrogens is 1. The maximum absolute atomic E-state index is 12.9. The number of carbonyl (C=O) groups excluding carboxylic acids is 2. The predicted molar refractivity (Wildman–Crippen MR) is 110 cm³/mol. The summed E-state index contributed by atoms with van der Waals surface area (Å²) in [6.45, 7) is 2.63. The maximum Gasteiger partial charge on any atom is 0.490 e. The van der Waals surface area contributed by atoms with Crippen LogP contribution in [0.25, 0.3) is 0 Å². The first-order valence-electron chi connectivity index (χ1n) is 10.1. The second-order valence-electron chi connectivity index (χ2n) is 7.40. The molecule has 178 valence electrons. The number of nitrogens with zero attached hydrogens (tertiary/aromatic N) is 2. The van der Waals surface area contributed by atoms with E-state index in [9.17, 15) is 27.2 Å². The summed E-state index contributed by atoms with van der Waals surface area (Å²) in [6.07, 6.45) is -0.00227. The molecule has 0 aliphatic carbocycles. The van der Waals surface area contributed by atoms with Crippen molar-refractivity contribution in [1.82, 2.24) is 15.2 Å². The summed E-state index contributed by atoms with van der Waals surface area (Å²) in [4.78, 5) is 39.2. The molecule has 1 aromatic heterocycles. The van der Waals surface area contributed by atoms with Gasteiger partial charge in [-0.15, -0.1) is 0 Å². The van der Waals surface area contributed by atoms with Crippen LogP contribution in [0, 0.1) is 11.7 Å². The Balaban J connectivity index is 0.000000479. The molecule has 7 nitrogen and oxygen atoms in total. The van der Waals surface area contributed by atoms with E-state index in [-0.39, 0.29) is 17.5 Å². The second kappa shape index (κ2) is 12.0. The third-order valence-electron chi connectivity index (χ3n) is 4.98. The topological polar surface area (TPSA) is 99.6 Å². The van der Waals surface area contributed by atoms with Crippen molar-refractivity contribution in [3.05, 3.63) is 65.7 Å². The average Bonchev–Trinajstić information content (AvgIpc) is 2.79. The lowest BCUT2D eigenvalue weighted by Gasteiger charge is -2.31. The van der Waals surface area contributed by atoms with E-state index < -0.39 is 12.1 Å². The Hall–Kier alpha value is -3.34. The molecule has 1 saturated heterocycles. The highest BCUT2D eigenvalue weighted by Crippen LogP contribution is 2.17. The van der Waals surface area contributed by atoms with Crippen molar-refractivity contribution in [2.24, 2.45) is 5.92 Å². The molecule has 1 amide bonds. The minimum absolute atomic E-state index is 0.00874. The Labute approximate surface area is 187 Å². The van der Waals surface area contributed by atoms with Crippen molar-refractivity contribution >= 4 is 17.7 Å². The standard InChI is InChI=1S/C20H22FN3O2.C2HF3O2/c21-18-3-1-16(2-4-18)19(25)14-24-11-7-15(8-12-24)13-23-20(26)17-5-9-22-10-6-17;3-2(4,5)1(6)7/h1-6,9-10,15H,7-8,11-14H2,(H,23,26);(H,6,7). The molecule has 3 rings (SSSR count). The van der Waals surface area contributed by atoms with Crippen molar-refractivity contribution in [2.75, 3.05) is 26.2 Å². The summed E-state index contributed by atoms with van der Waals surface area (Å²) in [7, 11) is 0.